The zero-order valence-electron chi connectivity index (χ0n) is 15.1. The van der Waals surface area contributed by atoms with Gasteiger partial charge in [-0.05, 0) is 25.0 Å². The van der Waals surface area contributed by atoms with E-state index in [0.29, 0.717) is 39.9 Å². The third-order valence-electron chi connectivity index (χ3n) is 4.21. The highest BCUT2D eigenvalue weighted by atomic mass is 35.5. The minimum absolute atomic E-state index is 0.458. The molecule has 1 N–H and O–H groups in total. The SMILES string of the molecule is Cc1nc2cc(Cl)c(C3=CCCC=C(NC(=O)c4c(F)cncc4F)S3)cc2o1. The van der Waals surface area contributed by atoms with E-state index in [1.54, 1.807) is 25.1 Å². The minimum Gasteiger partial charge on any atom is -0.441 e. The van der Waals surface area contributed by atoms with E-state index in [2.05, 4.69) is 15.3 Å². The number of allylic oxidation sites excluding steroid dienone is 2. The number of fused-ring (bicyclic) bond motifs is 1. The van der Waals surface area contributed by atoms with Crippen LogP contribution in [0, 0.1) is 18.6 Å². The van der Waals surface area contributed by atoms with Crippen molar-refractivity contribution in [1.29, 1.82) is 0 Å². The van der Waals surface area contributed by atoms with Gasteiger partial charge in [0, 0.05) is 17.4 Å². The predicted octanol–water partition coefficient (Wildman–Crippen LogP) is 5.60. The average Bonchev–Trinajstić information content (AvgIpc) is 2.86. The Balaban J connectivity index is 1.61. The summed E-state index contributed by atoms with van der Waals surface area (Å²) in [5, 5.41) is 3.52. The van der Waals surface area contributed by atoms with Crippen LogP contribution >= 0.6 is 23.4 Å². The summed E-state index contributed by atoms with van der Waals surface area (Å²) in [6.45, 7) is 1.75. The van der Waals surface area contributed by atoms with Gasteiger partial charge in [0.15, 0.2) is 23.1 Å². The van der Waals surface area contributed by atoms with Gasteiger partial charge in [0.2, 0.25) is 0 Å². The van der Waals surface area contributed by atoms with E-state index in [-0.39, 0.29) is 0 Å². The first-order chi connectivity index (χ1) is 13.9. The summed E-state index contributed by atoms with van der Waals surface area (Å²) in [7, 11) is 0. The van der Waals surface area contributed by atoms with Crippen molar-refractivity contribution in [3.05, 3.63) is 75.4 Å². The molecule has 0 radical (unpaired) electrons. The van der Waals surface area contributed by atoms with E-state index < -0.39 is 23.1 Å². The van der Waals surface area contributed by atoms with Crippen LogP contribution in [0.3, 0.4) is 0 Å². The van der Waals surface area contributed by atoms with E-state index >= 15 is 0 Å². The van der Waals surface area contributed by atoms with Gasteiger partial charge in [0.05, 0.1) is 22.4 Å². The highest BCUT2D eigenvalue weighted by molar-refractivity contribution is 8.11. The van der Waals surface area contributed by atoms with Gasteiger partial charge in [0.1, 0.15) is 11.1 Å². The number of halogens is 3. The standard InChI is InChI=1S/C20H14ClF2N3O2S/c1-10-25-15-7-12(21)11(6-16(15)28-10)17-4-2-3-5-18(29-17)26-20(27)19-13(22)8-24-9-14(19)23/h4-9H,2-3H2,1H3,(H,26,27). The minimum atomic E-state index is -1.02. The molecule has 9 heteroatoms. The van der Waals surface area contributed by atoms with E-state index in [9.17, 15) is 13.6 Å². The molecule has 0 atom stereocenters. The maximum absolute atomic E-state index is 13.8. The maximum atomic E-state index is 13.8. The molecule has 0 saturated carbocycles. The average molecular weight is 434 g/mol. The molecule has 4 rings (SSSR count). The van der Waals surface area contributed by atoms with Gasteiger partial charge in [-0.2, -0.15) is 0 Å². The Morgan fingerprint density at radius 3 is 2.69 bits per heavy atom. The molecule has 2 aromatic heterocycles. The Kier molecular flexibility index (Phi) is 5.38. The van der Waals surface area contributed by atoms with Crippen LogP contribution < -0.4 is 5.32 Å². The van der Waals surface area contributed by atoms with Crippen molar-refractivity contribution in [2.75, 3.05) is 0 Å². The van der Waals surface area contributed by atoms with Crippen LogP contribution in [-0.2, 0) is 0 Å². The number of nitrogens with one attached hydrogen (secondary N) is 1. The van der Waals surface area contributed by atoms with Crippen LogP contribution in [0.1, 0.15) is 34.7 Å². The van der Waals surface area contributed by atoms with Crippen molar-refractivity contribution >= 4 is 45.3 Å². The molecule has 148 valence electrons. The second-order valence-electron chi connectivity index (χ2n) is 6.28. The predicted molar refractivity (Wildman–Crippen MR) is 108 cm³/mol. The molecule has 1 amide bonds. The molecule has 0 saturated heterocycles. The van der Waals surface area contributed by atoms with Crippen molar-refractivity contribution in [1.82, 2.24) is 15.3 Å². The summed E-state index contributed by atoms with van der Waals surface area (Å²) in [6, 6.07) is 3.52. The first kappa shape index (κ1) is 19.6. The second-order valence-corrected chi connectivity index (χ2v) is 7.77. The molecule has 1 aliphatic heterocycles. The number of nitrogens with zero attached hydrogens (tertiary/aromatic N) is 2. The summed E-state index contributed by atoms with van der Waals surface area (Å²) in [4.78, 5) is 20.9. The monoisotopic (exact) mass is 433 g/mol. The molecule has 3 heterocycles. The zero-order chi connectivity index (χ0) is 20.5. The molecule has 1 aliphatic rings. The van der Waals surface area contributed by atoms with Crippen LogP contribution in [-0.4, -0.2) is 15.9 Å². The Labute approximate surface area is 173 Å². The number of rotatable bonds is 3. The van der Waals surface area contributed by atoms with Crippen LogP contribution in [0.5, 0.6) is 0 Å². The molecule has 0 bridgehead atoms. The third-order valence-corrected chi connectivity index (χ3v) is 5.62. The summed E-state index contributed by atoms with van der Waals surface area (Å²) >= 11 is 7.69. The lowest BCUT2D eigenvalue weighted by Gasteiger charge is -2.12. The number of aryl methyl sites for hydroxylation is 1. The van der Waals surface area contributed by atoms with Crippen molar-refractivity contribution in [3.8, 4) is 0 Å². The number of thioether (sulfide) groups is 1. The molecular formula is C20H14ClF2N3O2S. The fourth-order valence-corrected chi connectivity index (χ4v) is 4.30. The van der Waals surface area contributed by atoms with Crippen LogP contribution in [0.15, 0.2) is 46.1 Å². The third kappa shape index (κ3) is 4.04. The molecule has 29 heavy (non-hydrogen) atoms. The van der Waals surface area contributed by atoms with E-state index in [1.807, 2.05) is 6.08 Å². The van der Waals surface area contributed by atoms with Gasteiger partial charge in [-0.25, -0.2) is 13.8 Å². The fraction of sp³-hybridized carbons (Fsp3) is 0.150. The number of aromatic nitrogens is 2. The Morgan fingerprint density at radius 1 is 1.21 bits per heavy atom. The lowest BCUT2D eigenvalue weighted by Crippen LogP contribution is -2.24. The second kappa shape index (κ2) is 7.96. The van der Waals surface area contributed by atoms with Crippen LogP contribution in [0.25, 0.3) is 16.0 Å². The summed E-state index contributed by atoms with van der Waals surface area (Å²) in [5.41, 5.74) is 1.31. The first-order valence-electron chi connectivity index (χ1n) is 8.68. The van der Waals surface area contributed by atoms with Gasteiger partial charge in [-0.1, -0.05) is 35.5 Å². The molecule has 0 fully saturated rings. The van der Waals surface area contributed by atoms with E-state index in [4.69, 9.17) is 16.0 Å². The Hall–Kier alpha value is -2.71. The van der Waals surface area contributed by atoms with Crippen molar-refractivity contribution < 1.29 is 18.0 Å². The Morgan fingerprint density at radius 2 is 1.93 bits per heavy atom. The molecular weight excluding hydrogens is 420 g/mol. The lowest BCUT2D eigenvalue weighted by atomic mass is 10.1. The number of oxazole rings is 1. The fourth-order valence-electron chi connectivity index (χ4n) is 2.93. The van der Waals surface area contributed by atoms with Crippen molar-refractivity contribution in [2.45, 2.75) is 19.8 Å². The van der Waals surface area contributed by atoms with Crippen LogP contribution in [0.4, 0.5) is 8.78 Å². The molecule has 3 aromatic rings. The van der Waals surface area contributed by atoms with Gasteiger partial charge in [-0.15, -0.1) is 0 Å². The quantitative estimate of drug-likeness (QED) is 0.582. The van der Waals surface area contributed by atoms with Crippen LogP contribution in [0.2, 0.25) is 5.02 Å². The highest BCUT2D eigenvalue weighted by Gasteiger charge is 2.21. The molecule has 1 aromatic carbocycles. The molecule has 0 aliphatic carbocycles. The summed E-state index contributed by atoms with van der Waals surface area (Å²) in [5.74, 6) is -2.39. The first-order valence-corrected chi connectivity index (χ1v) is 9.87. The number of carbonyl (C=O) groups is 1. The normalized spacial score (nSPS) is 14.3. The largest absolute Gasteiger partial charge is 0.441 e. The van der Waals surface area contributed by atoms with Gasteiger partial charge < -0.3 is 9.73 Å². The number of carbonyl (C=O) groups excluding carboxylic acids is 1. The lowest BCUT2D eigenvalue weighted by molar-refractivity contribution is 0.0960. The number of hydrogen-bond acceptors (Lipinski definition) is 5. The summed E-state index contributed by atoms with van der Waals surface area (Å²) < 4.78 is 33.3. The van der Waals surface area contributed by atoms with Crippen molar-refractivity contribution in [3.63, 3.8) is 0 Å². The van der Waals surface area contributed by atoms with Gasteiger partial charge >= 0.3 is 0 Å². The number of hydrogen-bond donors (Lipinski definition) is 1. The smallest absolute Gasteiger partial charge is 0.262 e. The van der Waals surface area contributed by atoms with Gasteiger partial charge in [0.25, 0.3) is 5.91 Å². The number of benzene rings is 1. The summed E-state index contributed by atoms with van der Waals surface area (Å²) in [6.07, 6.45) is 6.75. The number of pyridine rings is 1. The Bertz CT molecular complexity index is 1170. The zero-order valence-corrected chi connectivity index (χ0v) is 16.7. The molecule has 5 nitrogen and oxygen atoms in total. The molecule has 0 unspecified atom stereocenters. The highest BCUT2D eigenvalue weighted by Crippen LogP contribution is 2.40. The van der Waals surface area contributed by atoms with E-state index in [0.717, 1.165) is 22.9 Å². The van der Waals surface area contributed by atoms with Crippen molar-refractivity contribution in [2.24, 2.45) is 0 Å². The maximum Gasteiger partial charge on any atom is 0.262 e. The number of amides is 1. The molecule has 0 spiro atoms. The topological polar surface area (TPSA) is 68.0 Å². The van der Waals surface area contributed by atoms with Gasteiger partial charge in [-0.3, -0.25) is 9.78 Å². The van der Waals surface area contributed by atoms with E-state index in [1.165, 1.54) is 11.8 Å².